The molecule has 1 amide bonds. The van der Waals surface area contributed by atoms with Gasteiger partial charge < -0.3 is 10.1 Å². The van der Waals surface area contributed by atoms with E-state index in [9.17, 15) is 13.2 Å². The molecular weight excluding hydrogens is 364 g/mol. The average molecular weight is 377 g/mol. The van der Waals surface area contributed by atoms with Crippen LogP contribution in [-0.4, -0.2) is 37.7 Å². The summed E-state index contributed by atoms with van der Waals surface area (Å²) in [5.74, 6) is 0.114. The van der Waals surface area contributed by atoms with Crippen molar-refractivity contribution in [3.8, 4) is 5.75 Å². The maximum atomic E-state index is 12.0. The first-order valence-electron chi connectivity index (χ1n) is 6.36. The van der Waals surface area contributed by atoms with E-state index in [1.807, 2.05) is 0 Å². The molecule has 1 heterocycles. The van der Waals surface area contributed by atoms with Crippen LogP contribution in [0.4, 0.5) is 5.13 Å². The molecule has 0 unspecified atom stereocenters. The second kappa shape index (κ2) is 7.68. The zero-order valence-corrected chi connectivity index (χ0v) is 14.3. The number of ether oxygens (including phenoxy) is 1. The fourth-order valence-electron chi connectivity index (χ4n) is 1.48. The average Bonchev–Trinajstić information content (AvgIpc) is 2.94. The van der Waals surface area contributed by atoms with E-state index < -0.39 is 10.0 Å². The molecule has 0 aliphatic carbocycles. The summed E-state index contributed by atoms with van der Waals surface area (Å²) in [4.78, 5) is 10.9. The quantitative estimate of drug-likeness (QED) is 0.559. The lowest BCUT2D eigenvalue weighted by molar-refractivity contribution is -0.114. The number of hydrogen-bond acceptors (Lipinski definition) is 7. The highest BCUT2D eigenvalue weighted by molar-refractivity contribution is 7.91. The lowest BCUT2D eigenvalue weighted by Gasteiger charge is -2.08. The van der Waals surface area contributed by atoms with Gasteiger partial charge in [-0.2, -0.15) is 0 Å². The van der Waals surface area contributed by atoms with Crippen molar-refractivity contribution in [2.24, 2.45) is 0 Å². The number of para-hydroxylation sites is 1. The number of nitrogens with one attached hydrogen (secondary N) is 2. The van der Waals surface area contributed by atoms with Gasteiger partial charge in [0.2, 0.25) is 15.4 Å². The Morgan fingerprint density at radius 2 is 2.09 bits per heavy atom. The molecule has 1 aromatic carbocycles. The molecule has 0 spiro atoms. The number of carbonyl (C=O) groups is 1. The molecule has 8 nitrogen and oxygen atoms in total. The van der Waals surface area contributed by atoms with Crippen LogP contribution in [0.5, 0.6) is 5.75 Å². The smallest absolute Gasteiger partial charge is 0.269 e. The lowest BCUT2D eigenvalue weighted by Crippen LogP contribution is -2.28. The topological polar surface area (TPSA) is 110 Å². The summed E-state index contributed by atoms with van der Waals surface area (Å²) in [6.07, 6.45) is 0. The zero-order valence-electron chi connectivity index (χ0n) is 11.9. The summed E-state index contributed by atoms with van der Waals surface area (Å²) >= 11 is 6.68. The second-order valence-electron chi connectivity index (χ2n) is 4.23. The summed E-state index contributed by atoms with van der Waals surface area (Å²) in [5.41, 5.74) is 0. The van der Waals surface area contributed by atoms with E-state index in [0.717, 1.165) is 11.3 Å². The molecule has 124 valence electrons. The van der Waals surface area contributed by atoms with E-state index in [4.69, 9.17) is 16.3 Å². The van der Waals surface area contributed by atoms with Gasteiger partial charge in [-0.25, -0.2) is 13.1 Å². The van der Waals surface area contributed by atoms with Gasteiger partial charge in [-0.05, 0) is 12.1 Å². The molecule has 2 rings (SSSR count). The molecule has 0 atom stereocenters. The highest BCUT2D eigenvalue weighted by atomic mass is 35.5. The van der Waals surface area contributed by atoms with Crippen LogP contribution >= 0.6 is 22.9 Å². The fraction of sp³-hybridized carbons (Fsp3) is 0.250. The van der Waals surface area contributed by atoms with Crippen molar-refractivity contribution in [3.05, 3.63) is 29.3 Å². The Morgan fingerprint density at radius 3 is 2.78 bits per heavy atom. The number of rotatable bonds is 7. The summed E-state index contributed by atoms with van der Waals surface area (Å²) < 4.78 is 31.5. The van der Waals surface area contributed by atoms with Crippen LogP contribution in [0.2, 0.25) is 5.02 Å². The Labute approximate surface area is 141 Å². The molecule has 0 saturated heterocycles. The molecule has 1 aromatic heterocycles. The summed E-state index contributed by atoms with van der Waals surface area (Å²) in [6.45, 7) is 1.42. The van der Waals surface area contributed by atoms with Crippen LogP contribution in [0.3, 0.4) is 0 Å². The molecule has 2 N–H and O–H groups in total. The summed E-state index contributed by atoms with van der Waals surface area (Å²) in [7, 11) is -3.81. The third-order valence-electron chi connectivity index (χ3n) is 2.41. The van der Waals surface area contributed by atoms with E-state index in [-0.39, 0.29) is 28.5 Å². The third kappa shape index (κ3) is 5.13. The van der Waals surface area contributed by atoms with Crippen molar-refractivity contribution < 1.29 is 17.9 Å². The minimum absolute atomic E-state index is 0.0304. The monoisotopic (exact) mass is 376 g/mol. The van der Waals surface area contributed by atoms with Gasteiger partial charge in [-0.1, -0.05) is 35.1 Å². The largest absolute Gasteiger partial charge is 0.491 e. The standard InChI is InChI=1S/C12H13ClN4O4S2/c1-8(18)15-11-16-17-12(22-11)23(19,20)14-6-7-21-10-5-3-2-4-9(10)13/h2-5,14H,6-7H2,1H3,(H,15,16,18). The van der Waals surface area contributed by atoms with Crippen molar-refractivity contribution in [3.63, 3.8) is 0 Å². The number of hydrogen-bond donors (Lipinski definition) is 2. The normalized spacial score (nSPS) is 11.2. The summed E-state index contributed by atoms with van der Waals surface area (Å²) in [5, 5.41) is 10.0. The highest BCUT2D eigenvalue weighted by Crippen LogP contribution is 2.23. The Bertz CT molecular complexity index is 794. The van der Waals surface area contributed by atoms with Gasteiger partial charge in [0.25, 0.3) is 10.0 Å². The molecule has 23 heavy (non-hydrogen) atoms. The van der Waals surface area contributed by atoms with Crippen LogP contribution in [-0.2, 0) is 14.8 Å². The number of aromatic nitrogens is 2. The van der Waals surface area contributed by atoms with Crippen LogP contribution in [0.15, 0.2) is 28.6 Å². The van der Waals surface area contributed by atoms with E-state index in [0.29, 0.717) is 10.8 Å². The van der Waals surface area contributed by atoms with Crippen LogP contribution in [0.25, 0.3) is 0 Å². The van der Waals surface area contributed by atoms with Gasteiger partial charge in [0.15, 0.2) is 0 Å². The molecule has 11 heteroatoms. The van der Waals surface area contributed by atoms with Gasteiger partial charge in [-0.3, -0.25) is 4.79 Å². The van der Waals surface area contributed by atoms with E-state index >= 15 is 0 Å². The molecule has 0 radical (unpaired) electrons. The maximum Gasteiger partial charge on any atom is 0.269 e. The third-order valence-corrected chi connectivity index (χ3v) is 5.39. The van der Waals surface area contributed by atoms with Crippen LogP contribution in [0, 0.1) is 0 Å². The first kappa shape index (κ1) is 17.6. The minimum Gasteiger partial charge on any atom is -0.491 e. The number of nitrogens with zero attached hydrogens (tertiary/aromatic N) is 2. The Hall–Kier alpha value is -1.75. The fourth-order valence-corrected chi connectivity index (χ4v) is 3.67. The van der Waals surface area contributed by atoms with Crippen molar-refractivity contribution in [2.75, 3.05) is 18.5 Å². The highest BCUT2D eigenvalue weighted by Gasteiger charge is 2.20. The Kier molecular flexibility index (Phi) is 5.88. The van der Waals surface area contributed by atoms with E-state index in [1.165, 1.54) is 6.92 Å². The Balaban J connectivity index is 1.88. The molecule has 0 fully saturated rings. The number of anilines is 1. The summed E-state index contributed by atoms with van der Waals surface area (Å²) in [6, 6.07) is 6.88. The second-order valence-corrected chi connectivity index (χ2v) is 7.56. The minimum atomic E-state index is -3.81. The molecule has 0 bridgehead atoms. The van der Waals surface area contributed by atoms with Crippen molar-refractivity contribution in [1.82, 2.24) is 14.9 Å². The van der Waals surface area contributed by atoms with Crippen molar-refractivity contribution in [1.29, 1.82) is 0 Å². The molecule has 2 aromatic rings. The molecule has 0 aliphatic rings. The Morgan fingerprint density at radius 1 is 1.35 bits per heavy atom. The maximum absolute atomic E-state index is 12.0. The predicted molar refractivity (Wildman–Crippen MR) is 86.3 cm³/mol. The first-order chi connectivity index (χ1) is 10.9. The predicted octanol–water partition coefficient (Wildman–Crippen LogP) is 1.51. The number of halogens is 1. The van der Waals surface area contributed by atoms with Gasteiger partial charge in [0.1, 0.15) is 12.4 Å². The number of sulfonamides is 1. The van der Waals surface area contributed by atoms with Crippen molar-refractivity contribution in [2.45, 2.75) is 11.3 Å². The first-order valence-corrected chi connectivity index (χ1v) is 9.04. The van der Waals surface area contributed by atoms with Gasteiger partial charge in [0, 0.05) is 13.5 Å². The zero-order chi connectivity index (χ0) is 16.9. The van der Waals surface area contributed by atoms with Gasteiger partial charge >= 0.3 is 0 Å². The molecule has 0 saturated carbocycles. The molecule has 0 aliphatic heterocycles. The van der Waals surface area contributed by atoms with Crippen LogP contribution < -0.4 is 14.8 Å². The lowest BCUT2D eigenvalue weighted by atomic mass is 10.3. The SMILES string of the molecule is CC(=O)Nc1nnc(S(=O)(=O)NCCOc2ccccc2Cl)s1. The van der Waals surface area contributed by atoms with E-state index in [1.54, 1.807) is 24.3 Å². The number of benzene rings is 1. The van der Waals surface area contributed by atoms with E-state index in [2.05, 4.69) is 20.2 Å². The van der Waals surface area contributed by atoms with Crippen molar-refractivity contribution >= 4 is 44.0 Å². The van der Waals surface area contributed by atoms with Gasteiger partial charge in [-0.15, -0.1) is 10.2 Å². The van der Waals surface area contributed by atoms with Gasteiger partial charge in [0.05, 0.1) is 5.02 Å². The van der Waals surface area contributed by atoms with Crippen LogP contribution in [0.1, 0.15) is 6.92 Å². The molecular formula is C12H13ClN4O4S2. The number of carbonyl (C=O) groups excluding carboxylic acids is 1. The number of amides is 1.